The molecule has 1 saturated heterocycles. The molecule has 1 aliphatic heterocycles. The van der Waals surface area contributed by atoms with Crippen molar-refractivity contribution in [2.75, 3.05) is 52.8 Å². The summed E-state index contributed by atoms with van der Waals surface area (Å²) in [5.41, 5.74) is 0.910. The van der Waals surface area contributed by atoms with Gasteiger partial charge in [-0.3, -0.25) is 4.79 Å². The Morgan fingerprint density at radius 3 is 2.58 bits per heavy atom. The van der Waals surface area contributed by atoms with Gasteiger partial charge in [0.25, 0.3) is 0 Å². The molecule has 0 N–H and O–H groups in total. The maximum Gasteiger partial charge on any atom is 0.238 e. The summed E-state index contributed by atoms with van der Waals surface area (Å²) in [6, 6.07) is 7.46. The van der Waals surface area contributed by atoms with Gasteiger partial charge in [-0.2, -0.15) is 4.31 Å². The number of sulfonamides is 1. The minimum Gasteiger partial charge on any atom is -0.496 e. The fourth-order valence-electron chi connectivity index (χ4n) is 2.58. The molecule has 1 amide bonds. The third kappa shape index (κ3) is 5.19. The van der Waals surface area contributed by atoms with Crippen LogP contribution in [0.2, 0.25) is 0 Å². The van der Waals surface area contributed by atoms with Crippen molar-refractivity contribution in [3.05, 3.63) is 29.8 Å². The third-order valence-electron chi connectivity index (χ3n) is 3.97. The lowest BCUT2D eigenvalue weighted by Crippen LogP contribution is -2.47. The van der Waals surface area contributed by atoms with Gasteiger partial charge in [0.1, 0.15) is 5.75 Å². The summed E-state index contributed by atoms with van der Waals surface area (Å²) >= 11 is 0. The fourth-order valence-corrected chi connectivity index (χ4v) is 3.35. The minimum absolute atomic E-state index is 0.145. The Morgan fingerprint density at radius 1 is 1.29 bits per heavy atom. The van der Waals surface area contributed by atoms with Crippen LogP contribution in [0.1, 0.15) is 5.56 Å². The van der Waals surface area contributed by atoms with E-state index in [-0.39, 0.29) is 19.0 Å². The van der Waals surface area contributed by atoms with Crippen LogP contribution in [0.25, 0.3) is 0 Å². The van der Waals surface area contributed by atoms with Crippen molar-refractivity contribution < 1.29 is 22.7 Å². The van der Waals surface area contributed by atoms with Crippen LogP contribution in [0.15, 0.2) is 24.3 Å². The van der Waals surface area contributed by atoms with Gasteiger partial charge in [-0.25, -0.2) is 8.42 Å². The summed E-state index contributed by atoms with van der Waals surface area (Å²) < 4.78 is 35.8. The molecule has 0 radical (unpaired) electrons. The Bertz CT molecular complexity index is 656. The highest BCUT2D eigenvalue weighted by atomic mass is 32.2. The molecule has 1 aromatic rings. The van der Waals surface area contributed by atoms with Gasteiger partial charge in [-0.15, -0.1) is 0 Å². The molecule has 1 heterocycles. The van der Waals surface area contributed by atoms with E-state index in [0.29, 0.717) is 38.5 Å². The summed E-state index contributed by atoms with van der Waals surface area (Å²) in [5, 5.41) is 0. The molecule has 0 unspecified atom stereocenters. The molecule has 0 spiro atoms. The van der Waals surface area contributed by atoms with Crippen molar-refractivity contribution >= 4 is 15.9 Å². The number of benzene rings is 1. The van der Waals surface area contributed by atoms with Crippen molar-refractivity contribution in [2.45, 2.75) is 6.42 Å². The second-order valence-electron chi connectivity index (χ2n) is 5.65. The molecular formula is C16H24N2O5S. The lowest BCUT2D eigenvalue weighted by molar-refractivity contribution is -0.135. The third-order valence-corrected chi connectivity index (χ3v) is 5.22. The van der Waals surface area contributed by atoms with E-state index in [1.54, 1.807) is 12.0 Å². The molecule has 1 aromatic carbocycles. The molecule has 7 nitrogen and oxygen atoms in total. The first-order chi connectivity index (χ1) is 11.4. The van der Waals surface area contributed by atoms with E-state index < -0.39 is 10.0 Å². The second-order valence-corrected chi connectivity index (χ2v) is 7.63. The van der Waals surface area contributed by atoms with Gasteiger partial charge < -0.3 is 14.4 Å². The summed E-state index contributed by atoms with van der Waals surface area (Å²) in [5.74, 6) is 0.522. The van der Waals surface area contributed by atoms with Crippen LogP contribution in [0.5, 0.6) is 5.75 Å². The number of carbonyl (C=O) groups is 1. The molecule has 24 heavy (non-hydrogen) atoms. The van der Waals surface area contributed by atoms with E-state index in [4.69, 9.17) is 9.47 Å². The summed E-state index contributed by atoms with van der Waals surface area (Å²) in [7, 11) is -1.90. The van der Waals surface area contributed by atoms with Gasteiger partial charge in [0.05, 0.1) is 33.1 Å². The number of rotatable bonds is 7. The van der Waals surface area contributed by atoms with Crippen LogP contribution in [0.4, 0.5) is 0 Å². The summed E-state index contributed by atoms with van der Waals surface area (Å²) in [4.78, 5) is 14.0. The van der Waals surface area contributed by atoms with Gasteiger partial charge in [0.2, 0.25) is 15.9 Å². The number of amides is 1. The number of morpholine rings is 1. The number of ether oxygens (including phenoxy) is 2. The van der Waals surface area contributed by atoms with Crippen molar-refractivity contribution in [2.24, 2.45) is 0 Å². The average molecular weight is 356 g/mol. The maximum atomic E-state index is 12.3. The van der Waals surface area contributed by atoms with E-state index in [1.165, 1.54) is 4.31 Å². The molecule has 0 bridgehead atoms. The summed E-state index contributed by atoms with van der Waals surface area (Å²) in [6.45, 7) is 2.08. The van der Waals surface area contributed by atoms with E-state index >= 15 is 0 Å². The zero-order valence-electron chi connectivity index (χ0n) is 14.1. The van der Waals surface area contributed by atoms with Crippen LogP contribution < -0.4 is 4.74 Å². The van der Waals surface area contributed by atoms with Gasteiger partial charge >= 0.3 is 0 Å². The second kappa shape index (κ2) is 8.46. The standard InChI is InChI=1S/C16H24N2O5S/c1-22-15-6-4-3-5-14(15)7-8-18(24(2,20)21)13-16(19)17-9-11-23-12-10-17/h3-6H,7-13H2,1-2H3. The average Bonchev–Trinajstić information content (AvgIpc) is 2.58. The first-order valence-corrected chi connectivity index (χ1v) is 9.69. The topological polar surface area (TPSA) is 76.2 Å². The highest BCUT2D eigenvalue weighted by molar-refractivity contribution is 7.88. The van der Waals surface area contributed by atoms with Crippen molar-refractivity contribution in [1.29, 1.82) is 0 Å². The van der Waals surface area contributed by atoms with Crippen molar-refractivity contribution in [3.63, 3.8) is 0 Å². The number of carbonyl (C=O) groups excluding carboxylic acids is 1. The number of hydrogen-bond acceptors (Lipinski definition) is 5. The molecule has 1 aliphatic rings. The Hall–Kier alpha value is -1.64. The zero-order chi connectivity index (χ0) is 17.6. The lowest BCUT2D eigenvalue weighted by Gasteiger charge is -2.29. The smallest absolute Gasteiger partial charge is 0.238 e. The normalized spacial score (nSPS) is 15.5. The van der Waals surface area contributed by atoms with Crippen LogP contribution in [-0.2, 0) is 26.0 Å². The molecule has 1 fully saturated rings. The van der Waals surface area contributed by atoms with E-state index in [2.05, 4.69) is 0 Å². The molecule has 0 aliphatic carbocycles. The predicted octanol–water partition coefficient (Wildman–Crippen LogP) is 0.358. The predicted molar refractivity (Wildman–Crippen MR) is 90.5 cm³/mol. The van der Waals surface area contributed by atoms with Gasteiger partial charge in [-0.1, -0.05) is 18.2 Å². The molecule has 0 saturated carbocycles. The Balaban J connectivity index is 2.02. The van der Waals surface area contributed by atoms with Crippen LogP contribution >= 0.6 is 0 Å². The first-order valence-electron chi connectivity index (χ1n) is 7.84. The molecular weight excluding hydrogens is 332 g/mol. The number of methoxy groups -OCH3 is 1. The lowest BCUT2D eigenvalue weighted by atomic mass is 10.1. The molecule has 134 valence electrons. The van der Waals surface area contributed by atoms with Crippen LogP contribution in [0.3, 0.4) is 0 Å². The van der Waals surface area contributed by atoms with Gasteiger partial charge in [0.15, 0.2) is 0 Å². The monoisotopic (exact) mass is 356 g/mol. The number of hydrogen-bond donors (Lipinski definition) is 0. The number of para-hydroxylation sites is 1. The quantitative estimate of drug-likeness (QED) is 0.705. The van der Waals surface area contributed by atoms with E-state index in [9.17, 15) is 13.2 Å². The summed E-state index contributed by atoms with van der Waals surface area (Å²) in [6.07, 6.45) is 1.61. The van der Waals surface area contributed by atoms with Crippen LogP contribution in [0, 0.1) is 0 Å². The Kier molecular flexibility index (Phi) is 6.59. The number of nitrogens with zero attached hydrogens (tertiary/aromatic N) is 2. The zero-order valence-corrected chi connectivity index (χ0v) is 14.9. The molecule has 2 rings (SSSR count). The highest BCUT2D eigenvalue weighted by Gasteiger charge is 2.24. The Labute approximate surface area is 143 Å². The van der Waals surface area contributed by atoms with Crippen molar-refractivity contribution in [3.8, 4) is 5.75 Å². The fraction of sp³-hybridized carbons (Fsp3) is 0.562. The Morgan fingerprint density at radius 2 is 1.96 bits per heavy atom. The van der Waals surface area contributed by atoms with Gasteiger partial charge in [-0.05, 0) is 18.1 Å². The molecule has 0 aromatic heterocycles. The van der Waals surface area contributed by atoms with Crippen LogP contribution in [-0.4, -0.2) is 76.3 Å². The van der Waals surface area contributed by atoms with Gasteiger partial charge in [0, 0.05) is 19.6 Å². The van der Waals surface area contributed by atoms with E-state index in [0.717, 1.165) is 11.8 Å². The largest absolute Gasteiger partial charge is 0.496 e. The highest BCUT2D eigenvalue weighted by Crippen LogP contribution is 2.18. The molecule has 0 atom stereocenters. The maximum absolute atomic E-state index is 12.3. The van der Waals surface area contributed by atoms with Crippen molar-refractivity contribution in [1.82, 2.24) is 9.21 Å². The first kappa shape index (κ1) is 18.7. The minimum atomic E-state index is -3.47. The molecule has 8 heteroatoms. The van der Waals surface area contributed by atoms with E-state index in [1.807, 2.05) is 24.3 Å². The SMILES string of the molecule is COc1ccccc1CCN(CC(=O)N1CCOCC1)S(C)(=O)=O.